The molecule has 0 atom stereocenters. The average molecular weight is 409 g/mol. The number of carbonyl (C=O) groups is 1. The molecular weight excluding hydrogens is 388 g/mol. The first kappa shape index (κ1) is 20.8. The van der Waals surface area contributed by atoms with Gasteiger partial charge in [-0.25, -0.2) is 8.42 Å². The molecule has 0 saturated heterocycles. The fraction of sp³-hybridized carbons (Fsp3) is 0.211. The average Bonchev–Trinajstić information content (AvgIpc) is 2.66. The van der Waals surface area contributed by atoms with E-state index in [-0.39, 0.29) is 22.0 Å². The van der Waals surface area contributed by atoms with Gasteiger partial charge in [-0.1, -0.05) is 29.8 Å². The van der Waals surface area contributed by atoms with E-state index in [1.165, 1.54) is 35.7 Å². The maximum absolute atomic E-state index is 13.3. The predicted octanol–water partition coefficient (Wildman–Crippen LogP) is 3.48. The largest absolute Gasteiger partial charge is 0.495 e. The van der Waals surface area contributed by atoms with Gasteiger partial charge in [-0.2, -0.15) is 0 Å². The second-order valence-corrected chi connectivity index (χ2v) is 7.77. The second kappa shape index (κ2) is 8.92. The van der Waals surface area contributed by atoms with E-state index in [4.69, 9.17) is 16.3 Å². The number of carbonyl (C=O) groups excluding carboxylic acids is 1. The van der Waals surface area contributed by atoms with Crippen molar-refractivity contribution in [3.8, 4) is 5.75 Å². The fourth-order valence-corrected chi connectivity index (χ4v) is 4.18. The van der Waals surface area contributed by atoms with Crippen LogP contribution in [0.25, 0.3) is 0 Å². The van der Waals surface area contributed by atoms with Crippen molar-refractivity contribution in [2.75, 3.05) is 24.5 Å². The Bertz CT molecular complexity index is 944. The molecule has 144 valence electrons. The van der Waals surface area contributed by atoms with Crippen LogP contribution in [0.15, 0.2) is 60.0 Å². The quantitative estimate of drug-likeness (QED) is 0.678. The van der Waals surface area contributed by atoms with Crippen LogP contribution in [0.4, 0.5) is 5.69 Å². The number of hydrogen-bond acceptors (Lipinski definition) is 4. The Labute approximate surface area is 164 Å². The van der Waals surface area contributed by atoms with E-state index >= 15 is 0 Å². The first-order chi connectivity index (χ1) is 12.9. The van der Waals surface area contributed by atoms with Crippen LogP contribution in [0.1, 0.15) is 17.3 Å². The van der Waals surface area contributed by atoms with Crippen molar-refractivity contribution in [2.45, 2.75) is 11.8 Å². The molecule has 1 amide bonds. The number of methoxy groups -OCH3 is 1. The van der Waals surface area contributed by atoms with Crippen LogP contribution in [-0.2, 0) is 10.0 Å². The van der Waals surface area contributed by atoms with Crippen LogP contribution in [0, 0.1) is 0 Å². The number of nitrogens with one attached hydrogen (secondary N) is 1. The molecule has 2 aromatic rings. The van der Waals surface area contributed by atoms with E-state index in [2.05, 4.69) is 11.9 Å². The Morgan fingerprint density at radius 2 is 2.00 bits per heavy atom. The molecule has 0 bridgehead atoms. The molecule has 0 aromatic heterocycles. The highest BCUT2D eigenvalue weighted by Gasteiger charge is 2.27. The van der Waals surface area contributed by atoms with Crippen LogP contribution in [-0.4, -0.2) is 34.5 Å². The topological polar surface area (TPSA) is 75.7 Å². The number of hydrogen-bond donors (Lipinski definition) is 1. The summed E-state index contributed by atoms with van der Waals surface area (Å²) in [4.78, 5) is 12.1. The zero-order valence-electron chi connectivity index (χ0n) is 15.1. The van der Waals surface area contributed by atoms with E-state index in [1.807, 2.05) is 0 Å². The minimum atomic E-state index is -3.99. The molecule has 0 spiro atoms. The van der Waals surface area contributed by atoms with Crippen LogP contribution >= 0.6 is 11.6 Å². The molecule has 6 nitrogen and oxygen atoms in total. The third-order valence-electron chi connectivity index (χ3n) is 3.76. The highest BCUT2D eigenvalue weighted by atomic mass is 35.5. The standard InChI is InChI=1S/C19H21ClN2O4S/c1-4-12-22(17-8-6-7-9-18(17)26-3)27(24,25)14-10-11-16(20)15(13-14)19(23)21-5-2/h4,6-11,13H,1,5,12H2,2-3H3,(H,21,23). The lowest BCUT2D eigenvalue weighted by Crippen LogP contribution is -2.32. The highest BCUT2D eigenvalue weighted by molar-refractivity contribution is 7.92. The molecule has 0 aliphatic carbocycles. The zero-order valence-corrected chi connectivity index (χ0v) is 16.7. The molecule has 0 aliphatic heterocycles. The van der Waals surface area contributed by atoms with Crippen molar-refractivity contribution in [3.63, 3.8) is 0 Å². The summed E-state index contributed by atoms with van der Waals surface area (Å²) in [6.45, 7) is 5.83. The Kier molecular flexibility index (Phi) is 6.87. The maximum atomic E-state index is 13.3. The minimum absolute atomic E-state index is 0.0296. The lowest BCUT2D eigenvalue weighted by molar-refractivity contribution is 0.0955. The predicted molar refractivity (Wildman–Crippen MR) is 107 cm³/mol. The minimum Gasteiger partial charge on any atom is -0.495 e. The number of ether oxygens (including phenoxy) is 1. The molecule has 27 heavy (non-hydrogen) atoms. The van der Waals surface area contributed by atoms with Crippen LogP contribution in [0.5, 0.6) is 5.75 Å². The van der Waals surface area contributed by atoms with E-state index in [0.29, 0.717) is 18.0 Å². The van der Waals surface area contributed by atoms with Crippen molar-refractivity contribution in [1.82, 2.24) is 5.32 Å². The number of anilines is 1. The number of amides is 1. The summed E-state index contributed by atoms with van der Waals surface area (Å²) in [5.74, 6) is -0.0343. The summed E-state index contributed by atoms with van der Waals surface area (Å²) in [5.41, 5.74) is 0.465. The molecule has 0 aliphatic rings. The van der Waals surface area contributed by atoms with E-state index < -0.39 is 15.9 Å². The summed E-state index contributed by atoms with van der Waals surface area (Å²) >= 11 is 6.08. The molecular formula is C19H21ClN2O4S. The molecule has 0 unspecified atom stereocenters. The molecule has 1 N–H and O–H groups in total. The van der Waals surface area contributed by atoms with Crippen molar-refractivity contribution in [2.24, 2.45) is 0 Å². The molecule has 0 fully saturated rings. The smallest absolute Gasteiger partial charge is 0.264 e. The van der Waals surface area contributed by atoms with Gasteiger partial charge in [0, 0.05) is 6.54 Å². The monoisotopic (exact) mass is 408 g/mol. The van der Waals surface area contributed by atoms with Gasteiger partial charge < -0.3 is 10.1 Å². The Morgan fingerprint density at radius 1 is 1.30 bits per heavy atom. The Hall–Kier alpha value is -2.51. The Balaban J connectivity index is 2.59. The molecule has 2 rings (SSSR count). The summed E-state index contributed by atoms with van der Waals surface area (Å²) in [7, 11) is -2.53. The van der Waals surface area contributed by atoms with Gasteiger partial charge in [0.25, 0.3) is 15.9 Å². The van der Waals surface area contributed by atoms with Crippen molar-refractivity contribution in [3.05, 3.63) is 65.7 Å². The lowest BCUT2D eigenvalue weighted by atomic mass is 10.2. The van der Waals surface area contributed by atoms with Gasteiger partial charge in [-0.05, 0) is 37.3 Å². The van der Waals surface area contributed by atoms with Gasteiger partial charge in [0.2, 0.25) is 0 Å². The van der Waals surface area contributed by atoms with Gasteiger partial charge in [-0.15, -0.1) is 6.58 Å². The van der Waals surface area contributed by atoms with Crippen LogP contribution < -0.4 is 14.4 Å². The van der Waals surface area contributed by atoms with E-state index in [1.54, 1.807) is 31.2 Å². The van der Waals surface area contributed by atoms with Gasteiger partial charge in [0.1, 0.15) is 5.75 Å². The first-order valence-corrected chi connectivity index (χ1v) is 10.0. The second-order valence-electron chi connectivity index (χ2n) is 5.50. The molecule has 0 radical (unpaired) electrons. The molecule has 0 heterocycles. The van der Waals surface area contributed by atoms with Crippen molar-refractivity contribution in [1.29, 1.82) is 0 Å². The third kappa shape index (κ3) is 4.43. The number of rotatable bonds is 8. The number of halogens is 1. The summed E-state index contributed by atoms with van der Waals surface area (Å²) in [5, 5.41) is 2.79. The van der Waals surface area contributed by atoms with Crippen molar-refractivity contribution < 1.29 is 17.9 Å². The molecule has 8 heteroatoms. The normalized spacial score (nSPS) is 10.9. The SMILES string of the molecule is C=CCN(c1ccccc1OC)S(=O)(=O)c1ccc(Cl)c(C(=O)NCC)c1. The van der Waals surface area contributed by atoms with Gasteiger partial charge >= 0.3 is 0 Å². The van der Waals surface area contributed by atoms with E-state index in [0.717, 1.165) is 0 Å². The first-order valence-electron chi connectivity index (χ1n) is 8.21. The number of para-hydroxylation sites is 2. The van der Waals surface area contributed by atoms with Gasteiger partial charge in [0.05, 0.1) is 34.8 Å². The summed E-state index contributed by atoms with van der Waals surface area (Å²) in [6.07, 6.45) is 1.48. The maximum Gasteiger partial charge on any atom is 0.264 e. The number of benzene rings is 2. The van der Waals surface area contributed by atoms with Gasteiger partial charge in [-0.3, -0.25) is 9.10 Å². The number of nitrogens with zero attached hydrogens (tertiary/aromatic N) is 1. The Morgan fingerprint density at radius 3 is 2.63 bits per heavy atom. The van der Waals surface area contributed by atoms with Crippen LogP contribution in [0.2, 0.25) is 5.02 Å². The third-order valence-corrected chi connectivity index (χ3v) is 5.86. The summed E-state index contributed by atoms with van der Waals surface area (Å²) < 4.78 is 33.0. The fourth-order valence-electron chi connectivity index (χ4n) is 2.50. The zero-order chi connectivity index (χ0) is 20.0. The summed E-state index contributed by atoms with van der Waals surface area (Å²) in [6, 6.07) is 10.8. The number of sulfonamides is 1. The van der Waals surface area contributed by atoms with Crippen LogP contribution in [0.3, 0.4) is 0 Å². The van der Waals surface area contributed by atoms with E-state index in [9.17, 15) is 13.2 Å². The lowest BCUT2D eigenvalue weighted by Gasteiger charge is -2.25. The van der Waals surface area contributed by atoms with Gasteiger partial charge in [0.15, 0.2) is 0 Å². The van der Waals surface area contributed by atoms with Crippen molar-refractivity contribution >= 4 is 33.2 Å². The highest BCUT2D eigenvalue weighted by Crippen LogP contribution is 2.33. The molecule has 2 aromatic carbocycles. The molecule has 0 saturated carbocycles.